The van der Waals surface area contributed by atoms with Gasteiger partial charge in [-0.1, -0.05) is 48.7 Å². The zero-order valence-corrected chi connectivity index (χ0v) is 17.1. The third-order valence-electron chi connectivity index (χ3n) is 3.81. The summed E-state index contributed by atoms with van der Waals surface area (Å²) in [7, 11) is -4.27. The Bertz CT molecular complexity index is 813. The lowest BCUT2D eigenvalue weighted by Gasteiger charge is -2.05. The molecule has 0 saturated heterocycles. The highest BCUT2D eigenvalue weighted by atomic mass is 127. The van der Waals surface area contributed by atoms with Crippen LogP contribution in [0, 0.1) is 26.3 Å². The standard InChI is InChI=1S/C13H14I.C7H8O3S/c1-2-8-13(9-3-1)14-11-10-12-6-4-5-7-12;1-6-2-4-7(5-3-6)11(8,9)10/h1-3,8-9,12H,4-7H2;2-5H,1H3,(H,8,9,10)/q+1;/p-1. The number of hydrogen-bond donors (Lipinski definition) is 0. The lowest BCUT2D eigenvalue weighted by atomic mass is 10.1. The first-order chi connectivity index (χ1) is 11.9. The summed E-state index contributed by atoms with van der Waals surface area (Å²) in [6.07, 6.45) is 5.46. The molecule has 0 aliphatic heterocycles. The minimum atomic E-state index is -4.27. The SMILES string of the molecule is C(#CC1CCCC1)[I+]c1ccccc1.Cc1ccc(S(=O)(=O)[O-])cc1. The second-order valence-corrected chi connectivity index (χ2v) is 9.58. The molecule has 1 saturated carbocycles. The second-order valence-electron chi connectivity index (χ2n) is 5.88. The Morgan fingerprint density at radius 1 is 1.00 bits per heavy atom. The molecular formula is C20H21IO3S. The van der Waals surface area contributed by atoms with Gasteiger partial charge in [0.1, 0.15) is 10.1 Å². The van der Waals surface area contributed by atoms with E-state index in [1.807, 2.05) is 6.92 Å². The van der Waals surface area contributed by atoms with Crippen molar-refractivity contribution in [2.75, 3.05) is 0 Å². The van der Waals surface area contributed by atoms with Gasteiger partial charge in [0.2, 0.25) is 3.57 Å². The first kappa shape index (κ1) is 20.0. The van der Waals surface area contributed by atoms with Gasteiger partial charge in [0.05, 0.1) is 4.90 Å². The number of benzene rings is 2. The molecule has 2 aromatic carbocycles. The molecule has 1 aliphatic rings. The molecule has 0 atom stereocenters. The van der Waals surface area contributed by atoms with Crippen molar-refractivity contribution in [2.45, 2.75) is 37.5 Å². The van der Waals surface area contributed by atoms with Crippen LogP contribution in [-0.4, -0.2) is 13.0 Å². The van der Waals surface area contributed by atoms with Crippen molar-refractivity contribution in [3.05, 3.63) is 63.7 Å². The van der Waals surface area contributed by atoms with E-state index in [0.717, 1.165) is 11.5 Å². The van der Waals surface area contributed by atoms with Crippen LogP contribution in [0.25, 0.3) is 0 Å². The molecule has 25 heavy (non-hydrogen) atoms. The van der Waals surface area contributed by atoms with Crippen molar-refractivity contribution in [1.29, 1.82) is 0 Å². The van der Waals surface area contributed by atoms with Crippen LogP contribution in [0.2, 0.25) is 0 Å². The molecule has 5 heteroatoms. The third-order valence-corrected chi connectivity index (χ3v) is 6.59. The highest BCUT2D eigenvalue weighted by Crippen LogP contribution is 2.23. The minimum Gasteiger partial charge on any atom is -0.744 e. The van der Waals surface area contributed by atoms with Crippen LogP contribution in [0.4, 0.5) is 0 Å². The fourth-order valence-electron chi connectivity index (χ4n) is 2.41. The molecule has 3 rings (SSSR count). The molecule has 1 fully saturated rings. The van der Waals surface area contributed by atoms with Crippen molar-refractivity contribution >= 4 is 10.1 Å². The molecular weight excluding hydrogens is 447 g/mol. The molecule has 1 aliphatic carbocycles. The van der Waals surface area contributed by atoms with Crippen LogP contribution in [0.5, 0.6) is 0 Å². The van der Waals surface area contributed by atoms with Crippen LogP contribution in [-0.2, 0) is 10.1 Å². The van der Waals surface area contributed by atoms with Crippen LogP contribution < -0.4 is 21.2 Å². The predicted octanol–water partition coefficient (Wildman–Crippen LogP) is 0.995. The Balaban J connectivity index is 0.000000186. The Kier molecular flexibility index (Phi) is 7.94. The van der Waals surface area contributed by atoms with E-state index in [4.69, 9.17) is 0 Å². The topological polar surface area (TPSA) is 57.2 Å². The molecule has 0 aromatic heterocycles. The molecule has 0 unspecified atom stereocenters. The van der Waals surface area contributed by atoms with Gasteiger partial charge in [0, 0.05) is 5.92 Å². The van der Waals surface area contributed by atoms with Crippen molar-refractivity contribution in [3.63, 3.8) is 0 Å². The Morgan fingerprint density at radius 2 is 1.60 bits per heavy atom. The van der Waals surface area contributed by atoms with Gasteiger partial charge in [-0.25, -0.2) is 8.42 Å². The Labute approximate surface area is 160 Å². The van der Waals surface area contributed by atoms with E-state index in [1.54, 1.807) is 12.1 Å². The van der Waals surface area contributed by atoms with Gasteiger partial charge in [-0.2, -0.15) is 0 Å². The number of halogens is 1. The first-order valence-corrected chi connectivity index (χ1v) is 11.7. The van der Waals surface area contributed by atoms with Crippen molar-refractivity contribution in [1.82, 2.24) is 0 Å². The molecule has 0 N–H and O–H groups in total. The largest absolute Gasteiger partial charge is 0.744 e. The Morgan fingerprint density at radius 3 is 2.16 bits per heavy atom. The molecule has 0 spiro atoms. The van der Waals surface area contributed by atoms with E-state index in [2.05, 4.69) is 40.2 Å². The van der Waals surface area contributed by atoms with Crippen LogP contribution >= 0.6 is 0 Å². The van der Waals surface area contributed by atoms with Gasteiger partial charge in [-0.3, -0.25) is 0 Å². The van der Waals surface area contributed by atoms with E-state index in [0.29, 0.717) is 0 Å². The average molecular weight is 468 g/mol. The fourth-order valence-corrected chi connectivity index (χ4v) is 4.56. The average Bonchev–Trinajstić information content (AvgIpc) is 3.09. The highest BCUT2D eigenvalue weighted by molar-refractivity contribution is 7.85. The maximum absolute atomic E-state index is 10.4. The molecule has 0 heterocycles. The van der Waals surface area contributed by atoms with Gasteiger partial charge >= 0.3 is 21.2 Å². The van der Waals surface area contributed by atoms with Crippen molar-refractivity contribution < 1.29 is 34.2 Å². The van der Waals surface area contributed by atoms with Gasteiger partial charge in [0.25, 0.3) is 0 Å². The maximum atomic E-state index is 10.4. The summed E-state index contributed by atoms with van der Waals surface area (Å²) in [5.74, 6) is 4.15. The third kappa shape index (κ3) is 7.59. The number of aryl methyl sites for hydroxylation is 1. The molecule has 2 aromatic rings. The molecule has 0 amide bonds. The highest BCUT2D eigenvalue weighted by Gasteiger charge is 2.13. The predicted molar refractivity (Wildman–Crippen MR) is 94.0 cm³/mol. The minimum absolute atomic E-state index is 0.0524. The summed E-state index contributed by atoms with van der Waals surface area (Å²) in [5, 5.41) is 0. The van der Waals surface area contributed by atoms with Crippen molar-refractivity contribution in [3.8, 4) is 9.85 Å². The summed E-state index contributed by atoms with van der Waals surface area (Å²) in [6.45, 7) is 1.82. The summed E-state index contributed by atoms with van der Waals surface area (Å²) in [4.78, 5) is -0.178. The van der Waals surface area contributed by atoms with Crippen LogP contribution in [0.3, 0.4) is 0 Å². The first-order valence-electron chi connectivity index (χ1n) is 8.17. The van der Waals surface area contributed by atoms with Gasteiger partial charge in [0.15, 0.2) is 3.93 Å². The quantitative estimate of drug-likeness (QED) is 0.376. The van der Waals surface area contributed by atoms with Crippen LogP contribution in [0.1, 0.15) is 31.2 Å². The monoisotopic (exact) mass is 468 g/mol. The summed E-state index contributed by atoms with van der Waals surface area (Å²) in [5.41, 5.74) is 0.928. The lowest BCUT2D eigenvalue weighted by Crippen LogP contribution is -3.59. The van der Waals surface area contributed by atoms with E-state index in [1.165, 1.54) is 41.4 Å². The van der Waals surface area contributed by atoms with Crippen LogP contribution in [0.15, 0.2) is 59.5 Å². The molecule has 3 nitrogen and oxygen atoms in total. The molecule has 0 radical (unpaired) electrons. The zero-order chi connectivity index (χ0) is 18.1. The molecule has 0 bridgehead atoms. The van der Waals surface area contributed by atoms with Crippen molar-refractivity contribution in [2.24, 2.45) is 5.92 Å². The number of hydrogen-bond acceptors (Lipinski definition) is 3. The zero-order valence-electron chi connectivity index (χ0n) is 14.1. The van der Waals surface area contributed by atoms with Gasteiger partial charge in [-0.15, -0.1) is 0 Å². The lowest BCUT2D eigenvalue weighted by molar-refractivity contribution is -0.535. The number of rotatable bonds is 2. The fraction of sp³-hybridized carbons (Fsp3) is 0.300. The van der Waals surface area contributed by atoms with E-state index in [-0.39, 0.29) is 26.1 Å². The maximum Gasteiger partial charge on any atom is 0.419 e. The van der Waals surface area contributed by atoms with E-state index < -0.39 is 10.1 Å². The smallest absolute Gasteiger partial charge is 0.419 e. The summed E-state index contributed by atoms with van der Waals surface area (Å²) < 4.78 is 36.0. The van der Waals surface area contributed by atoms with Gasteiger partial charge < -0.3 is 4.55 Å². The van der Waals surface area contributed by atoms with E-state index in [9.17, 15) is 13.0 Å². The van der Waals surface area contributed by atoms with E-state index >= 15 is 0 Å². The second kappa shape index (κ2) is 9.95. The Hall–Kier alpha value is -1.36. The molecule has 132 valence electrons. The summed E-state index contributed by atoms with van der Waals surface area (Å²) >= 11 is -0.0524. The van der Waals surface area contributed by atoms with Gasteiger partial charge in [-0.05, 0) is 50.0 Å². The normalized spacial score (nSPS) is 14.2. The summed E-state index contributed by atoms with van der Waals surface area (Å²) in [6, 6.07) is 16.4.